The van der Waals surface area contributed by atoms with Crippen LogP contribution in [0.1, 0.15) is 43.9 Å². The van der Waals surface area contributed by atoms with Crippen molar-refractivity contribution >= 4 is 18.0 Å². The number of rotatable bonds is 13. The zero-order chi connectivity index (χ0) is 29.7. The lowest BCUT2D eigenvalue weighted by Crippen LogP contribution is -2.44. The smallest absolute Gasteiger partial charge is 0.410 e. The minimum atomic E-state index is -1.03. The summed E-state index contributed by atoms with van der Waals surface area (Å²) in [6.45, 7) is 9.24. The number of hydrogen-bond acceptors (Lipinski definition) is 6. The number of allylic oxidation sites excluding steroid dienone is 1. The Morgan fingerprint density at radius 1 is 0.732 bits per heavy atom. The molecule has 1 amide bonds. The molecule has 0 aliphatic heterocycles. The summed E-state index contributed by atoms with van der Waals surface area (Å²) in [5, 5.41) is 0. The highest BCUT2D eigenvalue weighted by molar-refractivity contribution is 5.83. The molecule has 0 aliphatic rings. The fourth-order valence-electron chi connectivity index (χ4n) is 4.24. The van der Waals surface area contributed by atoms with E-state index in [0.717, 1.165) is 16.7 Å². The molecule has 0 bridgehead atoms. The molecule has 0 unspecified atom stereocenters. The van der Waals surface area contributed by atoms with E-state index in [-0.39, 0.29) is 32.7 Å². The lowest BCUT2D eigenvalue weighted by molar-refractivity contribution is -0.169. The highest BCUT2D eigenvalue weighted by Gasteiger charge is 2.39. The average molecular weight is 558 g/mol. The number of hydrogen-bond donors (Lipinski definition) is 0. The zero-order valence-corrected chi connectivity index (χ0v) is 24.0. The fourth-order valence-corrected chi connectivity index (χ4v) is 4.24. The summed E-state index contributed by atoms with van der Waals surface area (Å²) in [7, 11) is 0. The topological polar surface area (TPSA) is 82.1 Å². The van der Waals surface area contributed by atoms with Gasteiger partial charge in [0, 0.05) is 13.1 Å². The van der Waals surface area contributed by atoms with Crippen molar-refractivity contribution < 1.29 is 28.6 Å². The fraction of sp³-hybridized carbons (Fsp3) is 0.324. The van der Waals surface area contributed by atoms with Crippen LogP contribution in [-0.2, 0) is 43.6 Å². The van der Waals surface area contributed by atoms with E-state index in [1.807, 2.05) is 91.0 Å². The normalized spacial score (nSPS) is 12.5. The second kappa shape index (κ2) is 15.4. The lowest BCUT2D eigenvalue weighted by Gasteiger charge is -2.31. The number of benzene rings is 3. The molecule has 0 aliphatic carbocycles. The number of carbonyl (C=O) groups is 3. The van der Waals surface area contributed by atoms with E-state index >= 15 is 0 Å². The van der Waals surface area contributed by atoms with Gasteiger partial charge in [-0.05, 0) is 43.9 Å². The maximum atomic E-state index is 13.6. The van der Waals surface area contributed by atoms with Crippen molar-refractivity contribution in [2.24, 2.45) is 11.8 Å². The summed E-state index contributed by atoms with van der Waals surface area (Å²) >= 11 is 0. The quantitative estimate of drug-likeness (QED) is 0.132. The van der Waals surface area contributed by atoms with Gasteiger partial charge in [0.2, 0.25) is 0 Å². The first-order valence-corrected chi connectivity index (χ1v) is 13.7. The first-order chi connectivity index (χ1) is 19.7. The van der Waals surface area contributed by atoms with E-state index in [9.17, 15) is 14.4 Å². The molecule has 2 atom stereocenters. The highest BCUT2D eigenvalue weighted by atomic mass is 16.6. The number of amides is 1. The molecule has 3 aromatic carbocycles. The van der Waals surface area contributed by atoms with E-state index in [2.05, 4.69) is 6.58 Å². The average Bonchev–Trinajstić information content (AvgIpc) is 2.96. The first-order valence-electron chi connectivity index (χ1n) is 13.7. The SMILES string of the molecule is C=CC[C@H](C(=O)OC(C)(C)C)[C@H](CN(Cc1ccccc1)C(=O)OCc1ccccc1)C(=O)OCc1ccccc1. The van der Waals surface area contributed by atoms with Gasteiger partial charge in [-0.15, -0.1) is 6.58 Å². The minimum Gasteiger partial charge on any atom is -0.461 e. The Hall–Kier alpha value is -4.39. The second-order valence-corrected chi connectivity index (χ2v) is 10.8. The Labute approximate surface area is 242 Å². The molecule has 0 radical (unpaired) electrons. The molecular formula is C34H39NO6. The molecule has 0 fully saturated rings. The molecule has 7 heteroatoms. The Morgan fingerprint density at radius 2 is 1.22 bits per heavy atom. The molecule has 0 spiro atoms. The van der Waals surface area contributed by atoms with Gasteiger partial charge in [-0.3, -0.25) is 9.59 Å². The van der Waals surface area contributed by atoms with Crippen LogP contribution in [0.5, 0.6) is 0 Å². The van der Waals surface area contributed by atoms with Gasteiger partial charge in [0.25, 0.3) is 0 Å². The number of esters is 2. The summed E-state index contributed by atoms with van der Waals surface area (Å²) in [6, 6.07) is 28.0. The Bertz CT molecular complexity index is 1250. The molecule has 3 rings (SSSR count). The van der Waals surface area contributed by atoms with Gasteiger partial charge in [-0.1, -0.05) is 97.1 Å². The molecule has 0 heterocycles. The van der Waals surface area contributed by atoms with Gasteiger partial charge < -0.3 is 19.1 Å². The van der Waals surface area contributed by atoms with Crippen LogP contribution in [0.4, 0.5) is 4.79 Å². The van der Waals surface area contributed by atoms with Crippen LogP contribution in [0.3, 0.4) is 0 Å². The van der Waals surface area contributed by atoms with Crippen molar-refractivity contribution in [3.05, 3.63) is 120 Å². The van der Waals surface area contributed by atoms with E-state index in [1.54, 1.807) is 26.8 Å². The number of carbonyl (C=O) groups excluding carboxylic acids is 3. The van der Waals surface area contributed by atoms with Gasteiger partial charge in [0.1, 0.15) is 18.8 Å². The lowest BCUT2D eigenvalue weighted by atomic mass is 9.88. The Morgan fingerprint density at radius 3 is 1.71 bits per heavy atom. The largest absolute Gasteiger partial charge is 0.461 e. The summed E-state index contributed by atoms with van der Waals surface area (Å²) in [4.78, 5) is 41.9. The highest BCUT2D eigenvalue weighted by Crippen LogP contribution is 2.26. The van der Waals surface area contributed by atoms with Crippen molar-refractivity contribution in [2.75, 3.05) is 6.54 Å². The van der Waals surface area contributed by atoms with Crippen LogP contribution in [0.15, 0.2) is 104 Å². The summed E-state index contributed by atoms with van der Waals surface area (Å²) in [5.41, 5.74) is 1.71. The van der Waals surface area contributed by atoms with Crippen molar-refractivity contribution in [1.29, 1.82) is 0 Å². The summed E-state index contributed by atoms with van der Waals surface area (Å²) < 4.78 is 17.0. The standard InChI is InChI=1S/C34H39NO6/c1-5-15-29(32(37)41-34(2,3)4)30(31(36)39-24-27-18-11-7-12-19-27)23-35(22-26-16-9-6-10-17-26)33(38)40-25-28-20-13-8-14-21-28/h5-14,16-21,29-30H,1,15,22-25H2,2-4H3/t29-,30-/m0/s1. The summed E-state index contributed by atoms with van der Waals surface area (Å²) in [5.74, 6) is -3.12. The zero-order valence-electron chi connectivity index (χ0n) is 24.0. The molecular weight excluding hydrogens is 518 g/mol. The third kappa shape index (κ3) is 10.6. The maximum Gasteiger partial charge on any atom is 0.410 e. The molecule has 0 saturated heterocycles. The van der Waals surface area contributed by atoms with Crippen molar-refractivity contribution in [1.82, 2.24) is 4.90 Å². The van der Waals surface area contributed by atoms with Crippen molar-refractivity contribution in [2.45, 2.75) is 52.6 Å². The molecule has 216 valence electrons. The van der Waals surface area contributed by atoms with Crippen LogP contribution in [0, 0.1) is 11.8 Å². The van der Waals surface area contributed by atoms with E-state index in [1.165, 1.54) is 4.90 Å². The van der Waals surface area contributed by atoms with E-state index < -0.39 is 35.5 Å². The Kier molecular flexibility index (Phi) is 11.7. The third-order valence-electron chi connectivity index (χ3n) is 6.24. The van der Waals surface area contributed by atoms with Gasteiger partial charge in [0.05, 0.1) is 11.8 Å². The number of ether oxygens (including phenoxy) is 3. The van der Waals surface area contributed by atoms with Crippen molar-refractivity contribution in [3.63, 3.8) is 0 Å². The molecule has 0 saturated carbocycles. The second-order valence-electron chi connectivity index (χ2n) is 10.8. The predicted octanol–water partition coefficient (Wildman–Crippen LogP) is 6.72. The molecule has 41 heavy (non-hydrogen) atoms. The Balaban J connectivity index is 1.90. The van der Waals surface area contributed by atoms with Gasteiger partial charge >= 0.3 is 18.0 Å². The first kappa shape index (κ1) is 31.1. The molecule has 0 N–H and O–H groups in total. The van der Waals surface area contributed by atoms with E-state index in [0.29, 0.717) is 0 Å². The van der Waals surface area contributed by atoms with Crippen LogP contribution in [0.25, 0.3) is 0 Å². The van der Waals surface area contributed by atoms with Crippen molar-refractivity contribution in [3.8, 4) is 0 Å². The van der Waals surface area contributed by atoms with Crippen LogP contribution in [-0.4, -0.2) is 35.1 Å². The monoisotopic (exact) mass is 557 g/mol. The molecule has 0 aromatic heterocycles. The number of nitrogens with zero attached hydrogens (tertiary/aromatic N) is 1. The van der Waals surface area contributed by atoms with Gasteiger partial charge in [0.15, 0.2) is 0 Å². The van der Waals surface area contributed by atoms with Crippen LogP contribution in [0.2, 0.25) is 0 Å². The maximum absolute atomic E-state index is 13.6. The molecule has 7 nitrogen and oxygen atoms in total. The third-order valence-corrected chi connectivity index (χ3v) is 6.24. The molecule has 3 aromatic rings. The van der Waals surface area contributed by atoms with Crippen LogP contribution >= 0.6 is 0 Å². The van der Waals surface area contributed by atoms with Gasteiger partial charge in [-0.25, -0.2) is 4.79 Å². The summed E-state index contributed by atoms with van der Waals surface area (Å²) in [6.07, 6.45) is 1.12. The minimum absolute atomic E-state index is 0.0302. The predicted molar refractivity (Wildman–Crippen MR) is 157 cm³/mol. The van der Waals surface area contributed by atoms with Crippen LogP contribution < -0.4 is 0 Å². The van der Waals surface area contributed by atoms with Gasteiger partial charge in [-0.2, -0.15) is 0 Å². The van der Waals surface area contributed by atoms with E-state index in [4.69, 9.17) is 14.2 Å².